The van der Waals surface area contributed by atoms with Crippen LogP contribution in [0, 0.1) is 24.7 Å². The van der Waals surface area contributed by atoms with Gasteiger partial charge in [-0.2, -0.15) is 4.98 Å². The third-order valence-corrected chi connectivity index (χ3v) is 11.6. The number of aryl methyl sites for hydroxylation is 2. The standard InChI is InChI=1S/C40H51N7O4S/c1-26-11-9-12-27(2)36(26)32-22-35-44-38(42-32)45-52(49,50)31-14-10-13-28(21-31)37(48)47(30(25-51-35)23-39(3,4)5)24-33-41-20-17-34(43-33)46(8)29-15-18-40(6,7)19-16-29/h9-14,17,20-22,29-30H,15-16,18-19,23-25H2,1-8H3,(H,42,44,45)/t30-/m1/s1. The molecule has 11 nitrogen and oxygen atoms in total. The monoisotopic (exact) mass is 725 g/mol. The molecule has 52 heavy (non-hydrogen) atoms. The van der Waals surface area contributed by atoms with E-state index in [9.17, 15) is 13.2 Å². The van der Waals surface area contributed by atoms with E-state index in [1.54, 1.807) is 29.3 Å². The van der Waals surface area contributed by atoms with Gasteiger partial charge in [0, 0.05) is 36.5 Å². The summed E-state index contributed by atoms with van der Waals surface area (Å²) in [4.78, 5) is 37.2. The minimum Gasteiger partial charge on any atom is -0.475 e. The highest BCUT2D eigenvalue weighted by molar-refractivity contribution is 7.92. The third kappa shape index (κ3) is 8.54. The number of aromatic nitrogens is 4. The summed E-state index contributed by atoms with van der Waals surface area (Å²) in [6, 6.07) is 15.6. The molecule has 1 saturated carbocycles. The van der Waals surface area contributed by atoms with Gasteiger partial charge in [-0.1, -0.05) is 58.9 Å². The van der Waals surface area contributed by atoms with E-state index in [1.165, 1.54) is 12.1 Å². The van der Waals surface area contributed by atoms with E-state index in [0.717, 1.165) is 48.2 Å². The summed E-state index contributed by atoms with van der Waals surface area (Å²) in [7, 11) is -2.10. The predicted molar refractivity (Wildman–Crippen MR) is 204 cm³/mol. The number of benzene rings is 2. The molecule has 1 aliphatic heterocycles. The van der Waals surface area contributed by atoms with Crippen molar-refractivity contribution < 1.29 is 17.9 Å². The molecule has 2 aromatic carbocycles. The Morgan fingerprint density at radius 1 is 0.981 bits per heavy atom. The number of nitrogens with zero attached hydrogens (tertiary/aromatic N) is 6. The lowest BCUT2D eigenvalue weighted by Crippen LogP contribution is -2.45. The third-order valence-electron chi connectivity index (χ3n) is 10.3. The van der Waals surface area contributed by atoms with Crippen molar-refractivity contribution in [1.29, 1.82) is 0 Å². The van der Waals surface area contributed by atoms with Gasteiger partial charge in [0.15, 0.2) is 0 Å². The van der Waals surface area contributed by atoms with Crippen LogP contribution in [0.5, 0.6) is 5.88 Å². The Bertz CT molecular complexity index is 2030. The van der Waals surface area contributed by atoms with Crippen molar-refractivity contribution in [3.63, 3.8) is 0 Å². The van der Waals surface area contributed by atoms with Gasteiger partial charge in [0.1, 0.15) is 18.2 Å². The maximum absolute atomic E-state index is 14.6. The lowest BCUT2D eigenvalue weighted by atomic mass is 9.75. The topological polar surface area (TPSA) is 131 Å². The van der Waals surface area contributed by atoms with Crippen LogP contribution in [-0.4, -0.2) is 64.9 Å². The molecule has 6 rings (SSSR count). The fourth-order valence-corrected chi connectivity index (χ4v) is 8.31. The van der Waals surface area contributed by atoms with Gasteiger partial charge >= 0.3 is 0 Å². The van der Waals surface area contributed by atoms with Crippen LogP contribution in [0.2, 0.25) is 0 Å². The number of carbonyl (C=O) groups is 1. The van der Waals surface area contributed by atoms with Gasteiger partial charge in [-0.3, -0.25) is 4.79 Å². The van der Waals surface area contributed by atoms with E-state index >= 15 is 0 Å². The Labute approximate surface area is 308 Å². The number of fused-ring (bicyclic) bond motifs is 4. The predicted octanol–water partition coefficient (Wildman–Crippen LogP) is 7.60. The van der Waals surface area contributed by atoms with Gasteiger partial charge in [0.2, 0.25) is 11.8 Å². The van der Waals surface area contributed by atoms with Crippen molar-refractivity contribution in [3.05, 3.63) is 83.3 Å². The molecule has 1 aliphatic carbocycles. The summed E-state index contributed by atoms with van der Waals surface area (Å²) in [5.74, 6) is 1.02. The van der Waals surface area contributed by atoms with E-state index in [4.69, 9.17) is 9.72 Å². The second-order valence-corrected chi connectivity index (χ2v) is 18.0. The Balaban J connectivity index is 1.42. The van der Waals surface area contributed by atoms with Crippen LogP contribution in [0.15, 0.2) is 65.7 Å². The SMILES string of the molecule is Cc1cccc(C)c1-c1cc2nc(n1)NS(=O)(=O)c1cccc(c1)C(=O)N(Cc1nccc(N(C)C3CCC(C)(C)CC3)n1)[C@H](CC(C)(C)C)CO2. The van der Waals surface area contributed by atoms with Gasteiger partial charge in [0.05, 0.1) is 23.2 Å². The number of rotatable bonds is 6. The Hall–Kier alpha value is -4.58. The number of ether oxygens (including phenoxy) is 1. The Morgan fingerprint density at radius 2 is 1.67 bits per heavy atom. The zero-order chi connectivity index (χ0) is 37.4. The number of nitrogens with one attached hydrogen (secondary N) is 1. The fraction of sp³-hybridized carbons (Fsp3) is 0.475. The first-order valence-electron chi connectivity index (χ1n) is 18.1. The highest BCUT2D eigenvalue weighted by Gasteiger charge is 2.33. The molecule has 4 aromatic rings. The summed E-state index contributed by atoms with van der Waals surface area (Å²) < 4.78 is 36.5. The summed E-state index contributed by atoms with van der Waals surface area (Å²) >= 11 is 0. The molecule has 4 bridgehead atoms. The molecule has 0 saturated heterocycles. The first-order valence-corrected chi connectivity index (χ1v) is 19.5. The van der Waals surface area contributed by atoms with Crippen LogP contribution < -0.4 is 14.4 Å². The molecular formula is C40H51N7O4S. The smallest absolute Gasteiger partial charge is 0.264 e. The van der Waals surface area contributed by atoms with Crippen LogP contribution >= 0.6 is 0 Å². The Kier molecular flexibility index (Phi) is 10.3. The van der Waals surface area contributed by atoms with E-state index in [-0.39, 0.29) is 46.8 Å². The fourth-order valence-electron chi connectivity index (χ4n) is 7.32. The first-order chi connectivity index (χ1) is 24.5. The van der Waals surface area contributed by atoms with Crippen molar-refractivity contribution in [2.75, 3.05) is 23.3 Å². The first kappa shape index (κ1) is 37.2. The van der Waals surface area contributed by atoms with Crippen LogP contribution in [0.25, 0.3) is 11.3 Å². The summed E-state index contributed by atoms with van der Waals surface area (Å²) in [5, 5.41) is 0. The zero-order valence-electron chi connectivity index (χ0n) is 31.6. The second-order valence-electron chi connectivity index (χ2n) is 16.3. The van der Waals surface area contributed by atoms with Crippen molar-refractivity contribution >= 4 is 27.7 Å². The molecule has 0 spiro atoms. The molecule has 12 heteroatoms. The minimum atomic E-state index is -4.18. The summed E-state index contributed by atoms with van der Waals surface area (Å²) in [6.45, 7) is 15.2. The maximum atomic E-state index is 14.6. The van der Waals surface area contributed by atoms with E-state index in [1.807, 2.05) is 38.1 Å². The molecule has 1 N–H and O–H groups in total. The zero-order valence-corrected chi connectivity index (χ0v) is 32.4. The van der Waals surface area contributed by atoms with Gasteiger partial charge in [-0.15, -0.1) is 0 Å². The molecular weight excluding hydrogens is 675 g/mol. The number of hydrogen-bond donors (Lipinski definition) is 1. The Morgan fingerprint density at radius 3 is 2.37 bits per heavy atom. The highest BCUT2D eigenvalue weighted by atomic mass is 32.2. The molecule has 2 aliphatic rings. The van der Waals surface area contributed by atoms with E-state index < -0.39 is 16.1 Å². The van der Waals surface area contributed by atoms with Gasteiger partial charge < -0.3 is 14.5 Å². The van der Waals surface area contributed by atoms with Crippen molar-refractivity contribution in [2.45, 2.75) is 104 Å². The molecule has 1 amide bonds. The summed E-state index contributed by atoms with van der Waals surface area (Å²) in [5.41, 5.74) is 3.72. The van der Waals surface area contributed by atoms with Crippen molar-refractivity contribution in [3.8, 4) is 17.1 Å². The van der Waals surface area contributed by atoms with Crippen LogP contribution in [0.1, 0.15) is 94.0 Å². The number of amides is 1. The molecule has 1 atom stereocenters. The minimum absolute atomic E-state index is 0.0796. The van der Waals surface area contributed by atoms with E-state index in [2.05, 4.69) is 66.2 Å². The second kappa shape index (κ2) is 14.4. The normalized spacial score (nSPS) is 19.0. The average molecular weight is 726 g/mol. The number of anilines is 2. The molecule has 276 valence electrons. The molecule has 1 fully saturated rings. The van der Waals surface area contributed by atoms with E-state index in [0.29, 0.717) is 29.4 Å². The van der Waals surface area contributed by atoms with Gasteiger partial charge in [-0.05, 0) is 92.2 Å². The lowest BCUT2D eigenvalue weighted by molar-refractivity contribution is 0.0505. The molecule has 0 radical (unpaired) electrons. The quantitative estimate of drug-likeness (QED) is 0.214. The number of carbonyl (C=O) groups excluding carboxylic acids is 1. The van der Waals surface area contributed by atoms with Crippen LogP contribution in [-0.2, 0) is 16.6 Å². The number of sulfonamides is 1. The van der Waals surface area contributed by atoms with Crippen molar-refractivity contribution in [1.82, 2.24) is 24.8 Å². The molecule has 2 aromatic heterocycles. The lowest BCUT2D eigenvalue weighted by Gasteiger charge is -2.39. The van der Waals surface area contributed by atoms with Crippen LogP contribution in [0.4, 0.5) is 11.8 Å². The molecule has 3 heterocycles. The van der Waals surface area contributed by atoms with Crippen LogP contribution in [0.3, 0.4) is 0 Å². The average Bonchev–Trinajstić information content (AvgIpc) is 3.08. The number of hydrogen-bond acceptors (Lipinski definition) is 9. The van der Waals surface area contributed by atoms with Crippen molar-refractivity contribution in [2.24, 2.45) is 10.8 Å². The van der Waals surface area contributed by atoms with Gasteiger partial charge in [-0.25, -0.2) is 28.1 Å². The maximum Gasteiger partial charge on any atom is 0.264 e. The summed E-state index contributed by atoms with van der Waals surface area (Å²) in [6.07, 6.45) is 6.80. The highest BCUT2D eigenvalue weighted by Crippen LogP contribution is 2.38. The molecule has 0 unspecified atom stereocenters. The van der Waals surface area contributed by atoms with Gasteiger partial charge in [0.25, 0.3) is 15.9 Å². The largest absolute Gasteiger partial charge is 0.475 e.